The van der Waals surface area contributed by atoms with Gasteiger partial charge in [0, 0.05) is 19.3 Å². The molecule has 1 saturated heterocycles. The number of nitrogens with one attached hydrogen (secondary N) is 1. The van der Waals surface area contributed by atoms with Crippen molar-refractivity contribution in [3.8, 4) is 0 Å². The summed E-state index contributed by atoms with van der Waals surface area (Å²) in [6.07, 6.45) is 3.78. The highest BCUT2D eigenvalue weighted by molar-refractivity contribution is 4.71. The van der Waals surface area contributed by atoms with Gasteiger partial charge in [-0.05, 0) is 37.6 Å². The molecule has 0 aromatic rings. The van der Waals surface area contributed by atoms with Crippen molar-refractivity contribution in [1.29, 1.82) is 0 Å². The van der Waals surface area contributed by atoms with Gasteiger partial charge in [-0.15, -0.1) is 0 Å². The van der Waals surface area contributed by atoms with Crippen LogP contribution in [0, 0.1) is 11.8 Å². The minimum atomic E-state index is 0.692. The first kappa shape index (κ1) is 12.0. The van der Waals surface area contributed by atoms with Crippen molar-refractivity contribution >= 4 is 0 Å². The lowest BCUT2D eigenvalue weighted by atomic mass is 10.0. The summed E-state index contributed by atoms with van der Waals surface area (Å²) in [5.41, 5.74) is 0. The Hall–Kier alpha value is -0.0800. The molecular weight excluding hydrogens is 174 g/mol. The van der Waals surface area contributed by atoms with Crippen molar-refractivity contribution in [2.75, 3.05) is 19.8 Å². The van der Waals surface area contributed by atoms with E-state index >= 15 is 0 Å². The molecule has 1 fully saturated rings. The maximum atomic E-state index is 5.36. The molecule has 84 valence electrons. The van der Waals surface area contributed by atoms with Gasteiger partial charge in [0.05, 0.1) is 0 Å². The van der Waals surface area contributed by atoms with E-state index in [1.165, 1.54) is 19.3 Å². The van der Waals surface area contributed by atoms with Crippen molar-refractivity contribution in [2.24, 2.45) is 11.8 Å². The van der Waals surface area contributed by atoms with Crippen LogP contribution >= 0.6 is 0 Å². The van der Waals surface area contributed by atoms with Gasteiger partial charge in [-0.2, -0.15) is 0 Å². The SMILES string of the molecule is CCC(NCCC1CCOC1)C(C)C. The Balaban J connectivity index is 2.06. The summed E-state index contributed by atoms with van der Waals surface area (Å²) >= 11 is 0. The minimum absolute atomic E-state index is 0.692. The molecule has 0 spiro atoms. The molecule has 2 nitrogen and oxygen atoms in total. The van der Waals surface area contributed by atoms with Gasteiger partial charge in [-0.3, -0.25) is 0 Å². The smallest absolute Gasteiger partial charge is 0.0495 e. The monoisotopic (exact) mass is 199 g/mol. The van der Waals surface area contributed by atoms with E-state index in [4.69, 9.17) is 4.74 Å². The summed E-state index contributed by atoms with van der Waals surface area (Å²) < 4.78 is 5.36. The molecule has 1 aliphatic heterocycles. The Bertz CT molecular complexity index is 141. The van der Waals surface area contributed by atoms with Crippen LogP contribution in [0.5, 0.6) is 0 Å². The quantitative estimate of drug-likeness (QED) is 0.709. The zero-order valence-electron chi connectivity index (χ0n) is 9.88. The second kappa shape index (κ2) is 6.41. The van der Waals surface area contributed by atoms with Crippen LogP contribution < -0.4 is 5.32 Å². The first-order valence-corrected chi connectivity index (χ1v) is 6.05. The molecule has 0 bridgehead atoms. The fourth-order valence-electron chi connectivity index (χ4n) is 2.14. The van der Waals surface area contributed by atoms with Gasteiger partial charge in [0.1, 0.15) is 0 Å². The van der Waals surface area contributed by atoms with E-state index in [9.17, 15) is 0 Å². The lowest BCUT2D eigenvalue weighted by molar-refractivity contribution is 0.183. The number of hydrogen-bond donors (Lipinski definition) is 1. The van der Waals surface area contributed by atoms with E-state index in [2.05, 4.69) is 26.1 Å². The van der Waals surface area contributed by atoms with E-state index < -0.39 is 0 Å². The number of rotatable bonds is 6. The highest BCUT2D eigenvalue weighted by atomic mass is 16.5. The predicted octanol–water partition coefficient (Wildman–Crippen LogP) is 2.44. The zero-order chi connectivity index (χ0) is 10.4. The molecule has 1 N–H and O–H groups in total. The van der Waals surface area contributed by atoms with E-state index in [0.29, 0.717) is 6.04 Å². The molecule has 0 radical (unpaired) electrons. The maximum absolute atomic E-state index is 5.36. The van der Waals surface area contributed by atoms with Crippen LogP contribution in [-0.4, -0.2) is 25.8 Å². The largest absolute Gasteiger partial charge is 0.381 e. The average Bonchev–Trinajstić information content (AvgIpc) is 2.64. The second-order valence-electron chi connectivity index (χ2n) is 4.73. The van der Waals surface area contributed by atoms with Crippen LogP contribution in [0.3, 0.4) is 0 Å². The van der Waals surface area contributed by atoms with Crippen LogP contribution in [0.2, 0.25) is 0 Å². The maximum Gasteiger partial charge on any atom is 0.0495 e. The lowest BCUT2D eigenvalue weighted by Crippen LogP contribution is -2.34. The first-order valence-electron chi connectivity index (χ1n) is 6.05. The average molecular weight is 199 g/mol. The standard InChI is InChI=1S/C12H25NO/c1-4-12(10(2)3)13-7-5-11-6-8-14-9-11/h10-13H,4-9H2,1-3H3. The van der Waals surface area contributed by atoms with Gasteiger partial charge in [0.25, 0.3) is 0 Å². The molecule has 1 rings (SSSR count). The molecule has 14 heavy (non-hydrogen) atoms. The van der Waals surface area contributed by atoms with Gasteiger partial charge in [0.15, 0.2) is 0 Å². The summed E-state index contributed by atoms with van der Waals surface area (Å²) in [5, 5.41) is 3.64. The first-order chi connectivity index (χ1) is 6.74. The summed E-state index contributed by atoms with van der Waals surface area (Å²) in [5.74, 6) is 1.56. The molecule has 2 unspecified atom stereocenters. The van der Waals surface area contributed by atoms with Crippen LogP contribution in [0.15, 0.2) is 0 Å². The molecule has 0 aromatic carbocycles. The summed E-state index contributed by atoms with van der Waals surface area (Å²) in [4.78, 5) is 0. The third-order valence-corrected chi connectivity index (χ3v) is 3.23. The van der Waals surface area contributed by atoms with Crippen LogP contribution in [0.1, 0.15) is 40.0 Å². The van der Waals surface area contributed by atoms with Gasteiger partial charge >= 0.3 is 0 Å². The van der Waals surface area contributed by atoms with Crippen LogP contribution in [-0.2, 0) is 4.74 Å². The molecule has 1 aliphatic rings. The molecule has 2 heteroatoms. The number of hydrogen-bond acceptors (Lipinski definition) is 2. The lowest BCUT2D eigenvalue weighted by Gasteiger charge is -2.21. The summed E-state index contributed by atoms with van der Waals surface area (Å²) in [6.45, 7) is 9.97. The molecular formula is C12H25NO. The minimum Gasteiger partial charge on any atom is -0.381 e. The van der Waals surface area contributed by atoms with Crippen molar-refractivity contribution in [3.63, 3.8) is 0 Å². The van der Waals surface area contributed by atoms with Crippen molar-refractivity contribution in [3.05, 3.63) is 0 Å². The van der Waals surface area contributed by atoms with Crippen molar-refractivity contribution in [2.45, 2.75) is 46.1 Å². The Morgan fingerprint density at radius 1 is 1.43 bits per heavy atom. The van der Waals surface area contributed by atoms with E-state index in [-0.39, 0.29) is 0 Å². The normalized spacial score (nSPS) is 24.4. The molecule has 2 atom stereocenters. The van der Waals surface area contributed by atoms with Crippen molar-refractivity contribution < 1.29 is 4.74 Å². The third kappa shape index (κ3) is 3.97. The topological polar surface area (TPSA) is 21.3 Å². The Kier molecular flexibility index (Phi) is 5.49. The van der Waals surface area contributed by atoms with Crippen LogP contribution in [0.4, 0.5) is 0 Å². The van der Waals surface area contributed by atoms with Gasteiger partial charge in [-0.25, -0.2) is 0 Å². The van der Waals surface area contributed by atoms with Gasteiger partial charge in [0.2, 0.25) is 0 Å². The molecule has 0 aromatic heterocycles. The molecule has 1 heterocycles. The van der Waals surface area contributed by atoms with Crippen molar-refractivity contribution in [1.82, 2.24) is 5.32 Å². The Morgan fingerprint density at radius 2 is 2.21 bits per heavy atom. The highest BCUT2D eigenvalue weighted by Crippen LogP contribution is 2.15. The van der Waals surface area contributed by atoms with E-state index in [0.717, 1.165) is 31.6 Å². The van der Waals surface area contributed by atoms with Crippen LogP contribution in [0.25, 0.3) is 0 Å². The fourth-order valence-corrected chi connectivity index (χ4v) is 2.14. The Labute approximate surface area is 88.4 Å². The Morgan fingerprint density at radius 3 is 2.71 bits per heavy atom. The zero-order valence-corrected chi connectivity index (χ0v) is 9.88. The van der Waals surface area contributed by atoms with E-state index in [1.54, 1.807) is 0 Å². The van der Waals surface area contributed by atoms with Gasteiger partial charge in [-0.1, -0.05) is 20.8 Å². The predicted molar refractivity (Wildman–Crippen MR) is 60.5 cm³/mol. The summed E-state index contributed by atoms with van der Waals surface area (Å²) in [7, 11) is 0. The summed E-state index contributed by atoms with van der Waals surface area (Å²) in [6, 6.07) is 0.692. The number of ether oxygens (including phenoxy) is 1. The molecule has 0 amide bonds. The van der Waals surface area contributed by atoms with E-state index in [1.807, 2.05) is 0 Å². The third-order valence-electron chi connectivity index (χ3n) is 3.23. The molecule has 0 aliphatic carbocycles. The highest BCUT2D eigenvalue weighted by Gasteiger charge is 2.16. The molecule has 0 saturated carbocycles. The second-order valence-corrected chi connectivity index (χ2v) is 4.73. The fraction of sp³-hybridized carbons (Fsp3) is 1.00. The van der Waals surface area contributed by atoms with Gasteiger partial charge < -0.3 is 10.1 Å².